The number of nitrogens with zero attached hydrogens (tertiary/aromatic N) is 1. The van der Waals surface area contributed by atoms with Crippen molar-refractivity contribution >= 4 is 17.6 Å². The van der Waals surface area contributed by atoms with E-state index in [9.17, 15) is 9.59 Å². The molecule has 0 unspecified atom stereocenters. The summed E-state index contributed by atoms with van der Waals surface area (Å²) in [6, 6.07) is 17.1. The van der Waals surface area contributed by atoms with E-state index >= 15 is 0 Å². The summed E-state index contributed by atoms with van der Waals surface area (Å²) in [4.78, 5) is 27.1. The highest BCUT2D eigenvalue weighted by molar-refractivity contribution is 6.03. The molecule has 2 aromatic carbocycles. The van der Waals surface area contributed by atoms with Crippen LogP contribution in [-0.4, -0.2) is 49.7 Å². The van der Waals surface area contributed by atoms with Crippen molar-refractivity contribution in [2.75, 3.05) is 38.2 Å². The molecule has 28 heavy (non-hydrogen) atoms. The quantitative estimate of drug-likeness (QED) is 0.839. The summed E-state index contributed by atoms with van der Waals surface area (Å²) >= 11 is 0. The average Bonchev–Trinajstić information content (AvgIpc) is 3.55. The van der Waals surface area contributed by atoms with E-state index < -0.39 is 0 Å². The molecule has 0 aromatic heterocycles. The van der Waals surface area contributed by atoms with Crippen LogP contribution in [0.1, 0.15) is 28.8 Å². The van der Waals surface area contributed by atoms with Crippen molar-refractivity contribution in [2.45, 2.75) is 18.3 Å². The molecule has 2 N–H and O–H groups in total. The molecule has 3 amide bonds. The molecule has 6 nitrogen and oxygen atoms in total. The first-order valence-corrected chi connectivity index (χ1v) is 9.74. The number of carbonyl (C=O) groups excluding carboxylic acids is 2. The van der Waals surface area contributed by atoms with Crippen molar-refractivity contribution in [3.63, 3.8) is 0 Å². The zero-order valence-electron chi connectivity index (χ0n) is 15.8. The van der Waals surface area contributed by atoms with Crippen molar-refractivity contribution in [1.82, 2.24) is 10.2 Å². The number of amides is 3. The fourth-order valence-corrected chi connectivity index (χ4v) is 3.64. The molecular formula is C22H25N3O3. The fraction of sp³-hybridized carbons (Fsp3) is 0.364. The first-order valence-electron chi connectivity index (χ1n) is 9.74. The molecule has 6 heteroatoms. The smallest absolute Gasteiger partial charge is 0.319 e. The Bertz CT molecular complexity index is 843. The zero-order valence-corrected chi connectivity index (χ0v) is 15.8. The van der Waals surface area contributed by atoms with Crippen molar-refractivity contribution < 1.29 is 14.3 Å². The van der Waals surface area contributed by atoms with Crippen LogP contribution in [0.5, 0.6) is 0 Å². The van der Waals surface area contributed by atoms with Gasteiger partial charge in [0, 0.05) is 25.0 Å². The Labute approximate surface area is 164 Å². The molecule has 146 valence electrons. The van der Waals surface area contributed by atoms with E-state index in [1.807, 2.05) is 30.3 Å². The molecule has 0 atom stereocenters. The summed E-state index contributed by atoms with van der Waals surface area (Å²) < 4.78 is 5.31. The molecule has 2 aliphatic rings. The second kappa shape index (κ2) is 8.02. The number of morpholine rings is 1. The van der Waals surface area contributed by atoms with Crippen LogP contribution < -0.4 is 10.6 Å². The number of hydrogen-bond acceptors (Lipinski definition) is 3. The Morgan fingerprint density at radius 3 is 2.36 bits per heavy atom. The molecule has 1 heterocycles. The van der Waals surface area contributed by atoms with Gasteiger partial charge in [-0.3, -0.25) is 4.79 Å². The van der Waals surface area contributed by atoms with Crippen LogP contribution in [0.3, 0.4) is 0 Å². The zero-order chi connectivity index (χ0) is 19.4. The van der Waals surface area contributed by atoms with Crippen LogP contribution in [-0.2, 0) is 10.2 Å². The van der Waals surface area contributed by atoms with Crippen molar-refractivity contribution in [3.05, 3.63) is 65.7 Å². The van der Waals surface area contributed by atoms with Crippen LogP contribution in [0.25, 0.3) is 0 Å². The van der Waals surface area contributed by atoms with Crippen LogP contribution in [0.15, 0.2) is 54.6 Å². The number of rotatable bonds is 5. The lowest BCUT2D eigenvalue weighted by Gasteiger charge is -2.27. The van der Waals surface area contributed by atoms with Crippen LogP contribution in [0.2, 0.25) is 0 Å². The number of para-hydroxylation sites is 1. The van der Waals surface area contributed by atoms with Crippen molar-refractivity contribution in [3.8, 4) is 0 Å². The lowest BCUT2D eigenvalue weighted by Crippen LogP contribution is -2.41. The van der Waals surface area contributed by atoms with Gasteiger partial charge < -0.3 is 20.3 Å². The molecule has 2 fully saturated rings. The first-order chi connectivity index (χ1) is 13.7. The van der Waals surface area contributed by atoms with E-state index in [2.05, 4.69) is 22.8 Å². The Morgan fingerprint density at radius 2 is 1.64 bits per heavy atom. The maximum atomic E-state index is 12.8. The molecule has 1 saturated heterocycles. The standard InChI is InChI=1S/C22H25N3O3/c26-20(25-12-14-28-15-13-25)18-8-4-5-9-19(18)24-21(27)23-16-22(10-11-22)17-6-2-1-3-7-17/h1-9H,10-16H2,(H2,23,24,27). The van der Waals surface area contributed by atoms with Gasteiger partial charge in [-0.2, -0.15) is 0 Å². The summed E-state index contributed by atoms with van der Waals surface area (Å²) in [7, 11) is 0. The second-order valence-electron chi connectivity index (χ2n) is 7.40. The number of benzene rings is 2. The van der Waals surface area contributed by atoms with Gasteiger partial charge in [0.15, 0.2) is 0 Å². The lowest BCUT2D eigenvalue weighted by atomic mass is 9.96. The molecule has 1 aliphatic heterocycles. The lowest BCUT2D eigenvalue weighted by molar-refractivity contribution is 0.0303. The van der Waals surface area contributed by atoms with Gasteiger partial charge in [0.05, 0.1) is 24.5 Å². The van der Waals surface area contributed by atoms with E-state index in [4.69, 9.17) is 4.74 Å². The van der Waals surface area contributed by atoms with Crippen molar-refractivity contribution in [2.24, 2.45) is 0 Å². The minimum atomic E-state index is -0.288. The fourth-order valence-electron chi connectivity index (χ4n) is 3.64. The highest BCUT2D eigenvalue weighted by Crippen LogP contribution is 2.47. The number of carbonyl (C=O) groups is 2. The van der Waals surface area contributed by atoms with E-state index in [-0.39, 0.29) is 17.4 Å². The minimum Gasteiger partial charge on any atom is -0.378 e. The molecule has 4 rings (SSSR count). The highest BCUT2D eigenvalue weighted by Gasteiger charge is 2.44. The monoisotopic (exact) mass is 379 g/mol. The molecule has 0 bridgehead atoms. The molecule has 1 saturated carbocycles. The number of hydrogen-bond donors (Lipinski definition) is 2. The molecule has 0 spiro atoms. The predicted molar refractivity (Wildman–Crippen MR) is 108 cm³/mol. The maximum Gasteiger partial charge on any atom is 0.319 e. The van der Waals surface area contributed by atoms with E-state index in [0.717, 1.165) is 12.8 Å². The highest BCUT2D eigenvalue weighted by atomic mass is 16.5. The van der Waals surface area contributed by atoms with Crippen LogP contribution >= 0.6 is 0 Å². The summed E-state index contributed by atoms with van der Waals surface area (Å²) in [5.41, 5.74) is 2.34. The molecule has 1 aliphatic carbocycles. The van der Waals surface area contributed by atoms with Crippen LogP contribution in [0, 0.1) is 0 Å². The minimum absolute atomic E-state index is 0.0434. The molecule has 2 aromatic rings. The van der Waals surface area contributed by atoms with Crippen LogP contribution in [0.4, 0.5) is 10.5 Å². The number of nitrogens with one attached hydrogen (secondary N) is 2. The van der Waals surface area contributed by atoms with Gasteiger partial charge in [0.25, 0.3) is 5.91 Å². The summed E-state index contributed by atoms with van der Waals surface area (Å²) in [5.74, 6) is -0.0813. The Balaban J connectivity index is 1.39. The van der Waals surface area contributed by atoms with Gasteiger partial charge >= 0.3 is 6.03 Å². The Kier molecular flexibility index (Phi) is 5.30. The topological polar surface area (TPSA) is 70.7 Å². The SMILES string of the molecule is O=C(NCC1(c2ccccc2)CC1)Nc1ccccc1C(=O)N1CCOCC1. The first kappa shape index (κ1) is 18.5. The predicted octanol–water partition coefficient (Wildman–Crippen LogP) is 3.01. The summed E-state index contributed by atoms with van der Waals surface area (Å²) in [5, 5.41) is 5.84. The largest absolute Gasteiger partial charge is 0.378 e. The van der Waals surface area contributed by atoms with Gasteiger partial charge in [0.1, 0.15) is 0 Å². The third-order valence-corrected chi connectivity index (χ3v) is 5.53. The van der Waals surface area contributed by atoms with E-state index in [0.29, 0.717) is 44.1 Å². The van der Waals surface area contributed by atoms with E-state index in [1.54, 1.807) is 17.0 Å². The van der Waals surface area contributed by atoms with E-state index in [1.165, 1.54) is 5.56 Å². The number of anilines is 1. The van der Waals surface area contributed by atoms with Gasteiger partial charge in [-0.15, -0.1) is 0 Å². The number of urea groups is 1. The Hall–Kier alpha value is -2.86. The third-order valence-electron chi connectivity index (χ3n) is 5.53. The van der Waals surface area contributed by atoms with Crippen molar-refractivity contribution in [1.29, 1.82) is 0 Å². The maximum absolute atomic E-state index is 12.8. The summed E-state index contributed by atoms with van der Waals surface area (Å²) in [6.45, 7) is 2.81. The Morgan fingerprint density at radius 1 is 0.964 bits per heavy atom. The summed E-state index contributed by atoms with van der Waals surface area (Å²) in [6.07, 6.45) is 2.15. The molecule has 0 radical (unpaired) electrons. The van der Waals surface area contributed by atoms with Gasteiger partial charge in [-0.05, 0) is 30.5 Å². The average molecular weight is 379 g/mol. The number of ether oxygens (including phenoxy) is 1. The third kappa shape index (κ3) is 4.02. The van der Waals surface area contributed by atoms with Gasteiger partial charge in [-0.1, -0.05) is 42.5 Å². The van der Waals surface area contributed by atoms with Gasteiger partial charge in [-0.25, -0.2) is 4.79 Å². The normalized spacial score (nSPS) is 17.6. The molecular weight excluding hydrogens is 354 g/mol. The second-order valence-corrected chi connectivity index (χ2v) is 7.40. The van der Waals surface area contributed by atoms with Gasteiger partial charge in [0.2, 0.25) is 0 Å².